The van der Waals surface area contributed by atoms with Gasteiger partial charge in [0.05, 0.1) is 12.5 Å². The van der Waals surface area contributed by atoms with Crippen LogP contribution in [-0.2, 0) is 9.59 Å². The molecule has 4 nitrogen and oxygen atoms in total. The lowest BCUT2D eigenvalue weighted by atomic mass is 9.75. The van der Waals surface area contributed by atoms with Gasteiger partial charge >= 0.3 is 5.97 Å². The molecule has 0 spiro atoms. The van der Waals surface area contributed by atoms with Gasteiger partial charge in [0.2, 0.25) is 0 Å². The van der Waals surface area contributed by atoms with Gasteiger partial charge in [-0.25, -0.2) is 0 Å². The number of hydrogen-bond donors (Lipinski definition) is 2. The van der Waals surface area contributed by atoms with E-state index < -0.39 is 12.1 Å². The molecular weight excluding hydrogens is 208 g/mol. The van der Waals surface area contributed by atoms with E-state index in [0.29, 0.717) is 18.4 Å². The van der Waals surface area contributed by atoms with Gasteiger partial charge < -0.3 is 10.2 Å². The third-order valence-electron chi connectivity index (χ3n) is 3.19. The highest BCUT2D eigenvalue weighted by Gasteiger charge is 2.33. The molecule has 0 aromatic heterocycles. The first-order chi connectivity index (χ1) is 7.58. The molecular formula is C12H14O4. The number of allylic oxidation sites excluding steroid dienone is 3. The Balaban J connectivity index is 2.20. The first-order valence-corrected chi connectivity index (χ1v) is 5.41. The van der Waals surface area contributed by atoms with E-state index in [9.17, 15) is 14.7 Å². The summed E-state index contributed by atoms with van der Waals surface area (Å²) in [7, 11) is 0. The van der Waals surface area contributed by atoms with Gasteiger partial charge in [0.15, 0.2) is 5.78 Å². The van der Waals surface area contributed by atoms with E-state index in [4.69, 9.17) is 5.11 Å². The summed E-state index contributed by atoms with van der Waals surface area (Å²) in [6.45, 7) is 0. The lowest BCUT2D eigenvalue weighted by Crippen LogP contribution is -2.31. The Labute approximate surface area is 93.3 Å². The summed E-state index contributed by atoms with van der Waals surface area (Å²) in [4.78, 5) is 22.5. The summed E-state index contributed by atoms with van der Waals surface area (Å²) in [6.07, 6.45) is 4.65. The topological polar surface area (TPSA) is 74.6 Å². The van der Waals surface area contributed by atoms with Crippen molar-refractivity contribution in [3.8, 4) is 0 Å². The Bertz CT molecular complexity index is 392. The van der Waals surface area contributed by atoms with Crippen molar-refractivity contribution in [2.45, 2.75) is 31.8 Å². The van der Waals surface area contributed by atoms with Crippen LogP contribution in [-0.4, -0.2) is 28.1 Å². The van der Waals surface area contributed by atoms with Crippen molar-refractivity contribution in [2.75, 3.05) is 0 Å². The second-order valence-electron chi connectivity index (χ2n) is 4.35. The van der Waals surface area contributed by atoms with Crippen LogP contribution < -0.4 is 0 Å². The van der Waals surface area contributed by atoms with Crippen LogP contribution >= 0.6 is 0 Å². The van der Waals surface area contributed by atoms with Crippen molar-refractivity contribution in [1.82, 2.24) is 0 Å². The van der Waals surface area contributed by atoms with Crippen LogP contribution in [0.15, 0.2) is 23.3 Å². The molecule has 16 heavy (non-hydrogen) atoms. The quantitative estimate of drug-likeness (QED) is 0.732. The molecule has 0 radical (unpaired) electrons. The number of fused-ring (bicyclic) bond motifs is 1. The molecule has 1 fully saturated rings. The van der Waals surface area contributed by atoms with Gasteiger partial charge in [-0.3, -0.25) is 9.59 Å². The number of Topliss-reactive ketones (excluding diaryl/α,β-unsaturated/α-hetero) is 1. The number of aliphatic carboxylic acids is 1. The van der Waals surface area contributed by atoms with Crippen LogP contribution in [0.5, 0.6) is 0 Å². The highest BCUT2D eigenvalue weighted by molar-refractivity contribution is 6.03. The van der Waals surface area contributed by atoms with Gasteiger partial charge in [0, 0.05) is 11.5 Å². The number of carbonyl (C=O) groups excluding carboxylic acids is 1. The molecule has 0 aromatic carbocycles. The molecule has 2 aliphatic carbocycles. The van der Waals surface area contributed by atoms with E-state index in [1.807, 2.05) is 6.08 Å². The van der Waals surface area contributed by atoms with Crippen LogP contribution in [0.1, 0.15) is 25.7 Å². The van der Waals surface area contributed by atoms with Gasteiger partial charge in [-0.1, -0.05) is 17.7 Å². The molecule has 2 atom stereocenters. The molecule has 2 aliphatic rings. The Morgan fingerprint density at radius 3 is 2.88 bits per heavy atom. The first kappa shape index (κ1) is 11.1. The summed E-state index contributed by atoms with van der Waals surface area (Å²) in [5.74, 6) is -1.41. The molecule has 2 unspecified atom stereocenters. The van der Waals surface area contributed by atoms with Gasteiger partial charge in [-0.05, 0) is 19.3 Å². The van der Waals surface area contributed by atoms with E-state index in [1.165, 1.54) is 0 Å². The van der Waals surface area contributed by atoms with Gasteiger partial charge in [0.1, 0.15) is 0 Å². The molecule has 86 valence electrons. The van der Waals surface area contributed by atoms with Crippen molar-refractivity contribution in [1.29, 1.82) is 0 Å². The molecule has 0 amide bonds. The standard InChI is InChI=1S/C12H14O4/c13-9-4-3-7-1-2-8(5-11(14)15)12(16)10(7)6-9/h1-2,9-10,13H,3-6H2,(H,14,15). The molecule has 0 aromatic rings. The number of hydrogen-bond acceptors (Lipinski definition) is 3. The van der Waals surface area contributed by atoms with E-state index in [1.54, 1.807) is 6.08 Å². The molecule has 0 bridgehead atoms. The summed E-state index contributed by atoms with van der Waals surface area (Å²) in [6, 6.07) is 0. The zero-order valence-corrected chi connectivity index (χ0v) is 8.85. The maximum absolute atomic E-state index is 12.0. The number of ketones is 1. The maximum atomic E-state index is 12.0. The third kappa shape index (κ3) is 2.07. The maximum Gasteiger partial charge on any atom is 0.307 e. The highest BCUT2D eigenvalue weighted by atomic mass is 16.4. The minimum Gasteiger partial charge on any atom is -0.481 e. The molecule has 0 aliphatic heterocycles. The van der Waals surface area contributed by atoms with Crippen LogP contribution in [0.4, 0.5) is 0 Å². The Morgan fingerprint density at radius 2 is 2.19 bits per heavy atom. The largest absolute Gasteiger partial charge is 0.481 e. The Hall–Kier alpha value is -1.42. The molecule has 2 rings (SSSR count). The van der Waals surface area contributed by atoms with Crippen LogP contribution in [0.3, 0.4) is 0 Å². The van der Waals surface area contributed by atoms with E-state index in [-0.39, 0.29) is 18.1 Å². The SMILES string of the molecule is O=C(O)CC1=CC=C2CCC(O)CC2C1=O. The molecule has 2 N–H and O–H groups in total. The summed E-state index contributed by atoms with van der Waals surface area (Å²) in [5.41, 5.74) is 1.37. The van der Waals surface area contributed by atoms with E-state index in [2.05, 4.69) is 0 Å². The van der Waals surface area contributed by atoms with Crippen LogP contribution in [0.25, 0.3) is 0 Å². The Morgan fingerprint density at radius 1 is 1.44 bits per heavy atom. The molecule has 1 saturated carbocycles. The summed E-state index contributed by atoms with van der Waals surface area (Å²) in [5, 5.41) is 18.2. The van der Waals surface area contributed by atoms with Crippen LogP contribution in [0.2, 0.25) is 0 Å². The summed E-state index contributed by atoms with van der Waals surface area (Å²) >= 11 is 0. The third-order valence-corrected chi connectivity index (χ3v) is 3.19. The average Bonchev–Trinajstić information content (AvgIpc) is 2.22. The summed E-state index contributed by atoms with van der Waals surface area (Å²) < 4.78 is 0. The average molecular weight is 222 g/mol. The monoisotopic (exact) mass is 222 g/mol. The predicted molar refractivity (Wildman–Crippen MR) is 56.8 cm³/mol. The van der Waals surface area contributed by atoms with Crippen molar-refractivity contribution < 1.29 is 19.8 Å². The number of aliphatic hydroxyl groups is 1. The molecule has 0 heterocycles. The van der Waals surface area contributed by atoms with Crippen molar-refractivity contribution in [3.63, 3.8) is 0 Å². The van der Waals surface area contributed by atoms with E-state index >= 15 is 0 Å². The highest BCUT2D eigenvalue weighted by Crippen LogP contribution is 2.35. The van der Waals surface area contributed by atoms with Gasteiger partial charge in [0.25, 0.3) is 0 Å². The molecule has 0 saturated heterocycles. The zero-order chi connectivity index (χ0) is 11.7. The normalized spacial score (nSPS) is 29.2. The number of carboxylic acids is 1. The van der Waals surface area contributed by atoms with Crippen molar-refractivity contribution >= 4 is 11.8 Å². The molecule has 4 heteroatoms. The fourth-order valence-corrected chi connectivity index (χ4v) is 2.35. The first-order valence-electron chi connectivity index (χ1n) is 5.41. The predicted octanol–water partition coefficient (Wildman–Crippen LogP) is 1.06. The van der Waals surface area contributed by atoms with Crippen molar-refractivity contribution in [2.24, 2.45) is 5.92 Å². The van der Waals surface area contributed by atoms with Gasteiger partial charge in [-0.15, -0.1) is 0 Å². The minimum atomic E-state index is -0.993. The van der Waals surface area contributed by atoms with Crippen molar-refractivity contribution in [3.05, 3.63) is 23.3 Å². The second kappa shape index (κ2) is 4.22. The Kier molecular flexibility index (Phi) is 2.92. The smallest absolute Gasteiger partial charge is 0.307 e. The minimum absolute atomic E-state index is 0.126. The van der Waals surface area contributed by atoms with E-state index in [0.717, 1.165) is 12.0 Å². The zero-order valence-electron chi connectivity index (χ0n) is 8.85. The fourth-order valence-electron chi connectivity index (χ4n) is 2.35. The van der Waals surface area contributed by atoms with Gasteiger partial charge in [-0.2, -0.15) is 0 Å². The number of carboxylic acid groups (broad SMARTS) is 1. The number of aliphatic hydroxyl groups excluding tert-OH is 1. The second-order valence-corrected chi connectivity index (χ2v) is 4.35. The lowest BCUT2D eigenvalue weighted by Gasteiger charge is -2.30. The number of carbonyl (C=O) groups is 2. The van der Waals surface area contributed by atoms with Crippen LogP contribution in [0, 0.1) is 5.92 Å². The lowest BCUT2D eigenvalue weighted by molar-refractivity contribution is -0.137. The fraction of sp³-hybridized carbons (Fsp3) is 0.500. The number of rotatable bonds is 2.